The molecule has 0 saturated carbocycles. The third kappa shape index (κ3) is 15.2. The summed E-state index contributed by atoms with van der Waals surface area (Å²) in [5.41, 5.74) is 0. The van der Waals surface area contributed by atoms with Crippen molar-refractivity contribution in [1.82, 2.24) is 10.6 Å². The van der Waals surface area contributed by atoms with Crippen LogP contribution in [0.5, 0.6) is 0 Å². The van der Waals surface area contributed by atoms with E-state index in [2.05, 4.69) is 10.6 Å². The van der Waals surface area contributed by atoms with Crippen molar-refractivity contribution in [2.45, 2.75) is 32.1 Å². The van der Waals surface area contributed by atoms with Crippen LogP contribution in [0.25, 0.3) is 12.3 Å². The Bertz CT molecular complexity index is 367. The molecule has 0 unspecified atom stereocenters. The van der Waals surface area contributed by atoms with E-state index in [1.165, 1.54) is 7.05 Å². The molecule has 11 heteroatoms. The van der Waals surface area contributed by atoms with Gasteiger partial charge in [-0.2, -0.15) is 0 Å². The standard InChI is InChI=1S/C12H20N2O6.2H2N.Pt/c1-13-9(15)5-2-6-10(16)14-7-3-4-8(11(17)18)12(19)20;;;/h8H,2-7H2,1H3,(H,13,15)(H,14,16)(H,17,18)(H,19,20);2*1H2;/q;2*-1;+2. The minimum Gasteiger partial charge on any atom is -0.693 e. The van der Waals surface area contributed by atoms with Gasteiger partial charge in [0.15, 0.2) is 5.92 Å². The van der Waals surface area contributed by atoms with Crippen molar-refractivity contribution in [3.63, 3.8) is 0 Å². The number of carboxylic acid groups (broad SMARTS) is 2. The molecule has 8 N–H and O–H groups in total. The van der Waals surface area contributed by atoms with Crippen molar-refractivity contribution in [2.24, 2.45) is 5.92 Å². The van der Waals surface area contributed by atoms with Gasteiger partial charge in [-0.3, -0.25) is 19.2 Å². The maximum atomic E-state index is 11.3. The van der Waals surface area contributed by atoms with Gasteiger partial charge in [0.25, 0.3) is 0 Å². The van der Waals surface area contributed by atoms with Crippen molar-refractivity contribution in [1.29, 1.82) is 0 Å². The summed E-state index contributed by atoms with van der Waals surface area (Å²) in [6, 6.07) is 0. The normalized spacial score (nSPS) is 8.78. The van der Waals surface area contributed by atoms with E-state index in [4.69, 9.17) is 10.2 Å². The molecule has 0 aliphatic carbocycles. The van der Waals surface area contributed by atoms with Crippen LogP contribution in [0.3, 0.4) is 0 Å². The van der Waals surface area contributed by atoms with Gasteiger partial charge in [0.2, 0.25) is 11.8 Å². The van der Waals surface area contributed by atoms with E-state index in [1.807, 2.05) is 0 Å². The molecular formula is C12H24N4O6Pt. The molecule has 0 spiro atoms. The molecule has 0 atom stereocenters. The van der Waals surface area contributed by atoms with E-state index >= 15 is 0 Å². The number of nitrogens with one attached hydrogen (secondary N) is 2. The summed E-state index contributed by atoms with van der Waals surface area (Å²) >= 11 is 0. The summed E-state index contributed by atoms with van der Waals surface area (Å²) in [6.45, 7) is 0.218. The molecule has 0 bridgehead atoms. The first kappa shape index (κ1) is 29.5. The van der Waals surface area contributed by atoms with Gasteiger partial charge in [-0.1, -0.05) is 0 Å². The zero-order valence-electron chi connectivity index (χ0n) is 12.8. The molecule has 0 fully saturated rings. The molecule has 10 nitrogen and oxygen atoms in total. The van der Waals surface area contributed by atoms with Crippen LogP contribution in [0.15, 0.2) is 0 Å². The number of amides is 2. The summed E-state index contributed by atoms with van der Waals surface area (Å²) in [5, 5.41) is 22.3. The van der Waals surface area contributed by atoms with Gasteiger partial charge in [0.05, 0.1) is 0 Å². The predicted molar refractivity (Wildman–Crippen MR) is 79.5 cm³/mol. The molecule has 2 amide bonds. The van der Waals surface area contributed by atoms with Crippen LogP contribution in [0.4, 0.5) is 0 Å². The second-order valence-electron chi connectivity index (χ2n) is 4.25. The number of carbonyl (C=O) groups is 4. The summed E-state index contributed by atoms with van der Waals surface area (Å²) in [4.78, 5) is 43.4. The average molecular weight is 515 g/mol. The van der Waals surface area contributed by atoms with Crippen molar-refractivity contribution in [2.75, 3.05) is 13.6 Å². The second-order valence-corrected chi connectivity index (χ2v) is 4.25. The second kappa shape index (κ2) is 16.9. The summed E-state index contributed by atoms with van der Waals surface area (Å²) in [7, 11) is 1.52. The van der Waals surface area contributed by atoms with E-state index in [9.17, 15) is 19.2 Å². The fraction of sp³-hybridized carbons (Fsp3) is 0.667. The van der Waals surface area contributed by atoms with Gasteiger partial charge in [-0.25, -0.2) is 0 Å². The Morgan fingerprint density at radius 3 is 1.83 bits per heavy atom. The SMILES string of the molecule is CNC(=O)CCCC(=O)NCCCC(C(=O)O)C(=O)O.[NH2-].[NH2-].[Pt+2]. The van der Waals surface area contributed by atoms with Crippen molar-refractivity contribution in [3.05, 3.63) is 12.3 Å². The topological polar surface area (TPSA) is 200 Å². The van der Waals surface area contributed by atoms with Crippen LogP contribution in [-0.2, 0) is 40.2 Å². The van der Waals surface area contributed by atoms with Gasteiger partial charge >= 0.3 is 33.0 Å². The molecule has 0 aromatic heterocycles. The Labute approximate surface area is 149 Å². The molecule has 0 aliphatic rings. The monoisotopic (exact) mass is 515 g/mol. The number of carboxylic acids is 2. The van der Waals surface area contributed by atoms with E-state index in [0.29, 0.717) is 6.42 Å². The van der Waals surface area contributed by atoms with Crippen molar-refractivity contribution < 1.29 is 50.5 Å². The van der Waals surface area contributed by atoms with E-state index in [-0.39, 0.29) is 77.4 Å². The van der Waals surface area contributed by atoms with E-state index < -0.39 is 17.9 Å². The summed E-state index contributed by atoms with van der Waals surface area (Å²) < 4.78 is 0. The average Bonchev–Trinajstić information content (AvgIpc) is 2.37. The molecule has 0 radical (unpaired) electrons. The molecule has 0 aliphatic heterocycles. The maximum absolute atomic E-state index is 11.3. The van der Waals surface area contributed by atoms with Gasteiger partial charge in [0.1, 0.15) is 0 Å². The Kier molecular flexibility index (Phi) is 21.6. The first-order valence-corrected chi connectivity index (χ1v) is 6.31. The molecule has 0 rings (SSSR count). The Balaban J connectivity index is -0.000000602. The molecule has 138 valence electrons. The Hall–Kier alpha value is -1.51. The van der Waals surface area contributed by atoms with Gasteiger partial charge in [-0.15, -0.1) is 0 Å². The van der Waals surface area contributed by atoms with Crippen LogP contribution in [0.2, 0.25) is 0 Å². The number of carbonyl (C=O) groups excluding carboxylic acids is 2. The Morgan fingerprint density at radius 2 is 1.39 bits per heavy atom. The summed E-state index contributed by atoms with van der Waals surface area (Å²) in [6.07, 6.45) is 1.13. The summed E-state index contributed by atoms with van der Waals surface area (Å²) in [5.74, 6) is -4.58. The fourth-order valence-electron chi connectivity index (χ4n) is 1.51. The number of nitrogens with two attached hydrogens (primary N) is 2. The zero-order chi connectivity index (χ0) is 15.5. The zero-order valence-corrected chi connectivity index (χ0v) is 15.1. The van der Waals surface area contributed by atoms with E-state index in [1.54, 1.807) is 0 Å². The Morgan fingerprint density at radius 1 is 0.913 bits per heavy atom. The van der Waals surface area contributed by atoms with Gasteiger partial charge in [-0.05, 0) is 19.3 Å². The van der Waals surface area contributed by atoms with Crippen molar-refractivity contribution >= 4 is 23.8 Å². The van der Waals surface area contributed by atoms with Crippen LogP contribution >= 0.6 is 0 Å². The molecule has 0 aromatic rings. The largest absolute Gasteiger partial charge is 2.00 e. The first-order valence-electron chi connectivity index (χ1n) is 6.31. The minimum absolute atomic E-state index is 0. The number of aliphatic carboxylic acids is 2. The molecular weight excluding hydrogens is 491 g/mol. The molecule has 23 heavy (non-hydrogen) atoms. The maximum Gasteiger partial charge on any atom is 2.00 e. The number of rotatable bonds is 10. The van der Waals surface area contributed by atoms with Crippen LogP contribution in [0.1, 0.15) is 32.1 Å². The fourth-order valence-corrected chi connectivity index (χ4v) is 1.51. The van der Waals surface area contributed by atoms with Gasteiger partial charge < -0.3 is 33.1 Å². The van der Waals surface area contributed by atoms with Crippen LogP contribution in [-0.4, -0.2) is 47.6 Å². The third-order valence-electron chi connectivity index (χ3n) is 2.67. The third-order valence-corrected chi connectivity index (χ3v) is 2.67. The molecule has 0 heterocycles. The quantitative estimate of drug-likeness (QED) is 0.247. The van der Waals surface area contributed by atoms with Gasteiger partial charge in [0, 0.05) is 26.4 Å². The van der Waals surface area contributed by atoms with Crippen molar-refractivity contribution in [3.8, 4) is 0 Å². The first-order chi connectivity index (χ1) is 9.38. The number of hydrogen-bond acceptors (Lipinski definition) is 4. The number of hydrogen-bond donors (Lipinski definition) is 4. The smallest absolute Gasteiger partial charge is 0.693 e. The molecule has 0 saturated heterocycles. The molecule has 0 aromatic carbocycles. The minimum atomic E-state index is -1.44. The van der Waals surface area contributed by atoms with Crippen LogP contribution < -0.4 is 10.6 Å². The van der Waals surface area contributed by atoms with E-state index in [0.717, 1.165) is 0 Å². The predicted octanol–water partition coefficient (Wildman–Crippen LogP) is 1.02. The van der Waals surface area contributed by atoms with Crippen LogP contribution in [0, 0.1) is 5.92 Å².